The molecule has 1 heterocycles. The highest BCUT2D eigenvalue weighted by atomic mass is 16.5. The van der Waals surface area contributed by atoms with Crippen molar-refractivity contribution < 1.29 is 14.3 Å². The number of nitrogens with one attached hydrogen (secondary N) is 2. The summed E-state index contributed by atoms with van der Waals surface area (Å²) in [6.45, 7) is 10.5. The van der Waals surface area contributed by atoms with E-state index in [-0.39, 0.29) is 35.6 Å². The molecular formula is C16H30N2O3. The lowest BCUT2D eigenvalue weighted by Crippen LogP contribution is -2.67. The molecule has 1 saturated heterocycles. The van der Waals surface area contributed by atoms with E-state index in [4.69, 9.17) is 9.47 Å². The van der Waals surface area contributed by atoms with Gasteiger partial charge in [-0.15, -0.1) is 0 Å². The molecule has 0 bridgehead atoms. The van der Waals surface area contributed by atoms with Crippen LogP contribution >= 0.6 is 0 Å². The van der Waals surface area contributed by atoms with E-state index < -0.39 is 0 Å². The lowest BCUT2D eigenvalue weighted by Gasteiger charge is -2.55. The summed E-state index contributed by atoms with van der Waals surface area (Å²) in [5.41, 5.74) is 0.0877. The maximum absolute atomic E-state index is 12.5. The molecule has 21 heavy (non-hydrogen) atoms. The summed E-state index contributed by atoms with van der Waals surface area (Å²) < 4.78 is 11.4. The average Bonchev–Trinajstić information content (AvgIpc) is 2.48. The molecule has 2 N–H and O–H groups in total. The van der Waals surface area contributed by atoms with Gasteiger partial charge in [-0.3, -0.25) is 4.79 Å². The maximum Gasteiger partial charge on any atom is 0.240 e. The molecule has 122 valence electrons. The molecule has 0 aromatic heterocycles. The van der Waals surface area contributed by atoms with Gasteiger partial charge in [0, 0.05) is 24.6 Å². The van der Waals surface area contributed by atoms with Gasteiger partial charge < -0.3 is 20.1 Å². The molecule has 2 aliphatic rings. The van der Waals surface area contributed by atoms with Gasteiger partial charge in [0.05, 0.1) is 18.8 Å². The molecular weight excluding hydrogens is 268 g/mol. The first-order valence-electron chi connectivity index (χ1n) is 8.36. The van der Waals surface area contributed by atoms with E-state index in [2.05, 4.69) is 24.5 Å². The fourth-order valence-corrected chi connectivity index (χ4v) is 3.87. The van der Waals surface area contributed by atoms with E-state index in [1.165, 1.54) is 0 Å². The number of carbonyl (C=O) groups excluding carboxylic acids is 1. The highest BCUT2D eigenvalue weighted by Crippen LogP contribution is 2.48. The third kappa shape index (κ3) is 3.10. The van der Waals surface area contributed by atoms with Gasteiger partial charge in [0.2, 0.25) is 5.91 Å². The molecule has 5 nitrogen and oxygen atoms in total. The van der Waals surface area contributed by atoms with Crippen molar-refractivity contribution in [2.75, 3.05) is 19.8 Å². The molecule has 0 radical (unpaired) electrons. The number of rotatable bonds is 6. The number of carbonyl (C=O) groups is 1. The van der Waals surface area contributed by atoms with Crippen LogP contribution in [0, 0.1) is 5.41 Å². The van der Waals surface area contributed by atoms with Crippen LogP contribution in [0.5, 0.6) is 0 Å². The zero-order valence-corrected chi connectivity index (χ0v) is 13.8. The quantitative estimate of drug-likeness (QED) is 0.779. The van der Waals surface area contributed by atoms with Crippen LogP contribution in [0.3, 0.4) is 0 Å². The molecule has 2 unspecified atom stereocenters. The molecule has 2 fully saturated rings. The molecule has 1 aliphatic heterocycles. The SMILES string of the molecule is CCOC1CC(NC(=O)[C@H]2NCCO[C@@H]2C)C1(CC)CC. The molecule has 4 atom stereocenters. The first-order chi connectivity index (χ1) is 10.1. The van der Waals surface area contributed by atoms with Crippen molar-refractivity contribution in [1.29, 1.82) is 0 Å². The van der Waals surface area contributed by atoms with E-state index in [9.17, 15) is 4.79 Å². The number of hydrogen-bond acceptors (Lipinski definition) is 4. The van der Waals surface area contributed by atoms with E-state index in [0.717, 1.165) is 32.4 Å². The Morgan fingerprint density at radius 2 is 2.10 bits per heavy atom. The highest BCUT2D eigenvalue weighted by molar-refractivity contribution is 5.83. The van der Waals surface area contributed by atoms with E-state index >= 15 is 0 Å². The number of amides is 1. The smallest absolute Gasteiger partial charge is 0.240 e. The number of hydrogen-bond donors (Lipinski definition) is 2. The fourth-order valence-electron chi connectivity index (χ4n) is 3.87. The van der Waals surface area contributed by atoms with Crippen LogP contribution in [0.25, 0.3) is 0 Å². The summed E-state index contributed by atoms with van der Waals surface area (Å²) in [5, 5.41) is 6.49. The second kappa shape index (κ2) is 7.07. The predicted octanol–water partition coefficient (Wildman–Crippen LogP) is 1.46. The lowest BCUT2D eigenvalue weighted by molar-refractivity contribution is -0.152. The minimum absolute atomic E-state index is 0.0634. The molecule has 1 aliphatic carbocycles. The Kier molecular flexibility index (Phi) is 5.63. The Hall–Kier alpha value is -0.650. The minimum atomic E-state index is -0.240. The Balaban J connectivity index is 1.97. The van der Waals surface area contributed by atoms with Gasteiger partial charge in [0.1, 0.15) is 6.04 Å². The van der Waals surface area contributed by atoms with Gasteiger partial charge in [-0.2, -0.15) is 0 Å². The molecule has 2 rings (SSSR count). The second-order valence-electron chi connectivity index (χ2n) is 6.19. The molecule has 0 spiro atoms. The summed E-state index contributed by atoms with van der Waals surface area (Å²) in [6.07, 6.45) is 3.19. The van der Waals surface area contributed by atoms with Crippen molar-refractivity contribution in [3.8, 4) is 0 Å². The summed E-state index contributed by atoms with van der Waals surface area (Å²) in [4.78, 5) is 12.5. The van der Waals surface area contributed by atoms with E-state index in [1.54, 1.807) is 0 Å². The molecule has 1 saturated carbocycles. The van der Waals surface area contributed by atoms with Crippen LogP contribution in [0.4, 0.5) is 0 Å². The molecule has 5 heteroatoms. The standard InChI is InChI=1S/C16H30N2O3/c1-5-16(6-2)12(10-13(16)20-7-3)18-15(19)14-11(4)21-9-8-17-14/h11-14,17H,5-10H2,1-4H3,(H,18,19)/t11-,12?,13?,14+/m1/s1. The van der Waals surface area contributed by atoms with Crippen molar-refractivity contribution in [1.82, 2.24) is 10.6 Å². The third-order valence-electron chi connectivity index (χ3n) is 5.38. The van der Waals surface area contributed by atoms with Gasteiger partial charge in [0.25, 0.3) is 0 Å². The summed E-state index contributed by atoms with van der Waals surface area (Å²) in [7, 11) is 0. The average molecular weight is 298 g/mol. The predicted molar refractivity (Wildman–Crippen MR) is 82.2 cm³/mol. The Bertz CT molecular complexity index is 357. The van der Waals surface area contributed by atoms with E-state index in [1.807, 2.05) is 13.8 Å². The second-order valence-corrected chi connectivity index (χ2v) is 6.19. The fraction of sp³-hybridized carbons (Fsp3) is 0.938. The first-order valence-corrected chi connectivity index (χ1v) is 8.36. The molecule has 1 amide bonds. The maximum atomic E-state index is 12.5. The number of morpholine rings is 1. The third-order valence-corrected chi connectivity index (χ3v) is 5.38. The van der Waals surface area contributed by atoms with Crippen molar-refractivity contribution in [2.45, 2.75) is 71.2 Å². The van der Waals surface area contributed by atoms with Crippen LogP contribution in [0.15, 0.2) is 0 Å². The Morgan fingerprint density at radius 1 is 1.38 bits per heavy atom. The van der Waals surface area contributed by atoms with Gasteiger partial charge in [-0.1, -0.05) is 13.8 Å². The van der Waals surface area contributed by atoms with Gasteiger partial charge in [-0.25, -0.2) is 0 Å². The lowest BCUT2D eigenvalue weighted by atomic mass is 9.58. The highest BCUT2D eigenvalue weighted by Gasteiger charge is 2.54. The van der Waals surface area contributed by atoms with Crippen molar-refractivity contribution in [3.63, 3.8) is 0 Å². The monoisotopic (exact) mass is 298 g/mol. The summed E-state index contributed by atoms with van der Waals surface area (Å²) >= 11 is 0. The van der Waals surface area contributed by atoms with Crippen LogP contribution in [-0.4, -0.2) is 50.0 Å². The minimum Gasteiger partial charge on any atom is -0.378 e. The zero-order valence-electron chi connectivity index (χ0n) is 13.8. The topological polar surface area (TPSA) is 59.6 Å². The van der Waals surface area contributed by atoms with Crippen LogP contribution in [0.1, 0.15) is 47.0 Å². The van der Waals surface area contributed by atoms with Gasteiger partial charge in [-0.05, 0) is 33.1 Å². The first kappa shape index (κ1) is 16.7. The Morgan fingerprint density at radius 3 is 2.67 bits per heavy atom. The largest absolute Gasteiger partial charge is 0.378 e. The van der Waals surface area contributed by atoms with Crippen molar-refractivity contribution in [3.05, 3.63) is 0 Å². The van der Waals surface area contributed by atoms with E-state index in [0.29, 0.717) is 6.61 Å². The normalized spacial score (nSPS) is 35.0. The summed E-state index contributed by atoms with van der Waals surface area (Å²) in [6, 6.07) is -0.0243. The van der Waals surface area contributed by atoms with Crippen LogP contribution in [-0.2, 0) is 14.3 Å². The summed E-state index contributed by atoms with van der Waals surface area (Å²) in [5.74, 6) is 0.0634. The van der Waals surface area contributed by atoms with Crippen molar-refractivity contribution >= 4 is 5.91 Å². The van der Waals surface area contributed by atoms with Crippen LogP contribution in [0.2, 0.25) is 0 Å². The molecule has 0 aromatic carbocycles. The zero-order chi connectivity index (χ0) is 15.5. The number of ether oxygens (including phenoxy) is 2. The molecule has 0 aromatic rings. The Labute approximate surface area is 128 Å². The van der Waals surface area contributed by atoms with Gasteiger partial charge in [0.15, 0.2) is 0 Å². The van der Waals surface area contributed by atoms with Crippen molar-refractivity contribution in [2.24, 2.45) is 5.41 Å². The van der Waals surface area contributed by atoms with Gasteiger partial charge >= 0.3 is 0 Å². The van der Waals surface area contributed by atoms with Crippen LogP contribution < -0.4 is 10.6 Å².